The second-order valence-electron chi connectivity index (χ2n) is 5.41. The third-order valence-electron chi connectivity index (χ3n) is 4.16. The molecule has 1 fully saturated rings. The minimum absolute atomic E-state index is 0.00904. The van der Waals surface area contributed by atoms with Crippen LogP contribution < -0.4 is 5.32 Å². The summed E-state index contributed by atoms with van der Waals surface area (Å²) in [5, 5.41) is 15.0. The van der Waals surface area contributed by atoms with Crippen molar-refractivity contribution in [1.82, 2.24) is 10.3 Å². The number of allylic oxidation sites excluding steroid dienone is 2. The summed E-state index contributed by atoms with van der Waals surface area (Å²) in [6.07, 6.45) is 4.71. The van der Waals surface area contributed by atoms with Gasteiger partial charge in [0.1, 0.15) is 0 Å². The van der Waals surface area contributed by atoms with Crippen LogP contribution in [0, 0.1) is 30.6 Å². The van der Waals surface area contributed by atoms with Gasteiger partial charge in [-0.25, -0.2) is 4.98 Å². The van der Waals surface area contributed by atoms with Crippen LogP contribution in [0.5, 0.6) is 0 Å². The van der Waals surface area contributed by atoms with Crippen LogP contribution in [0.15, 0.2) is 17.5 Å². The fourth-order valence-electron chi connectivity index (χ4n) is 3.30. The van der Waals surface area contributed by atoms with Crippen molar-refractivity contribution in [1.29, 1.82) is 0 Å². The van der Waals surface area contributed by atoms with Crippen molar-refractivity contribution in [3.05, 3.63) is 28.2 Å². The Labute approximate surface area is 120 Å². The molecule has 20 heavy (non-hydrogen) atoms. The van der Waals surface area contributed by atoms with E-state index in [2.05, 4.69) is 10.3 Å². The monoisotopic (exact) mass is 292 g/mol. The van der Waals surface area contributed by atoms with Gasteiger partial charge in [0.15, 0.2) is 0 Å². The smallest absolute Gasteiger partial charge is 0.307 e. The van der Waals surface area contributed by atoms with Crippen LogP contribution in [-0.2, 0) is 16.1 Å². The van der Waals surface area contributed by atoms with Crippen LogP contribution in [0.1, 0.15) is 17.1 Å². The Kier molecular flexibility index (Phi) is 3.33. The normalized spacial score (nSPS) is 30.6. The summed E-state index contributed by atoms with van der Waals surface area (Å²) in [5.41, 5.74) is 0.825. The lowest BCUT2D eigenvalue weighted by Gasteiger charge is -2.23. The van der Waals surface area contributed by atoms with Crippen LogP contribution in [0.3, 0.4) is 0 Å². The molecule has 1 saturated carbocycles. The summed E-state index contributed by atoms with van der Waals surface area (Å²) >= 11 is 1.54. The number of nitrogens with one attached hydrogen (secondary N) is 1. The number of aryl methyl sites for hydroxylation is 1. The summed E-state index contributed by atoms with van der Waals surface area (Å²) in [7, 11) is 0. The van der Waals surface area contributed by atoms with E-state index >= 15 is 0 Å². The van der Waals surface area contributed by atoms with E-state index in [0.717, 1.165) is 17.1 Å². The van der Waals surface area contributed by atoms with E-state index in [0.29, 0.717) is 6.54 Å². The Morgan fingerprint density at radius 3 is 2.70 bits per heavy atom. The Morgan fingerprint density at radius 1 is 1.40 bits per heavy atom. The maximum Gasteiger partial charge on any atom is 0.307 e. The summed E-state index contributed by atoms with van der Waals surface area (Å²) in [4.78, 5) is 27.9. The van der Waals surface area contributed by atoms with Crippen molar-refractivity contribution in [2.24, 2.45) is 23.7 Å². The molecular formula is C14H16N2O3S. The first-order valence-corrected chi connectivity index (χ1v) is 7.54. The largest absolute Gasteiger partial charge is 0.481 e. The van der Waals surface area contributed by atoms with E-state index in [1.165, 1.54) is 11.3 Å². The lowest BCUT2D eigenvalue weighted by molar-refractivity contribution is -0.147. The number of hydrogen-bond donors (Lipinski definition) is 2. The molecule has 0 aromatic carbocycles. The summed E-state index contributed by atoms with van der Waals surface area (Å²) in [6, 6.07) is 0. The number of carboxylic acids is 1. The first-order valence-electron chi connectivity index (χ1n) is 6.66. The molecule has 5 nitrogen and oxygen atoms in total. The molecule has 0 aliphatic heterocycles. The van der Waals surface area contributed by atoms with E-state index < -0.39 is 17.8 Å². The standard InChI is InChI=1S/C14H16N2O3S/c1-7-16-10(6-20-7)5-15-13(17)11-8-2-3-9(4-8)12(11)14(18)19/h2-3,6,8-9,11-12H,4-5H2,1H3,(H,15,17)(H,18,19). The third-order valence-corrected chi connectivity index (χ3v) is 4.98. The minimum Gasteiger partial charge on any atom is -0.481 e. The van der Waals surface area contributed by atoms with Crippen LogP contribution in [0.2, 0.25) is 0 Å². The molecule has 6 heteroatoms. The summed E-state index contributed by atoms with van der Waals surface area (Å²) in [5.74, 6) is -1.98. The van der Waals surface area contributed by atoms with Crippen molar-refractivity contribution < 1.29 is 14.7 Å². The van der Waals surface area contributed by atoms with Crippen molar-refractivity contribution in [3.63, 3.8) is 0 Å². The number of aromatic nitrogens is 1. The molecule has 1 aromatic heterocycles. The molecule has 2 N–H and O–H groups in total. The zero-order valence-electron chi connectivity index (χ0n) is 11.1. The number of carbonyl (C=O) groups excluding carboxylic acids is 1. The SMILES string of the molecule is Cc1nc(CNC(=O)C2C3C=CC(C3)C2C(=O)O)cs1. The van der Waals surface area contributed by atoms with E-state index in [1.54, 1.807) is 0 Å². The van der Waals surface area contributed by atoms with Gasteiger partial charge in [-0.1, -0.05) is 12.2 Å². The number of hydrogen-bond acceptors (Lipinski definition) is 4. The molecule has 4 unspecified atom stereocenters. The number of aliphatic carboxylic acids is 1. The van der Waals surface area contributed by atoms with Crippen LogP contribution in [-0.4, -0.2) is 22.0 Å². The number of amides is 1. The van der Waals surface area contributed by atoms with Crippen molar-refractivity contribution in [3.8, 4) is 0 Å². The molecule has 2 aliphatic rings. The van der Waals surface area contributed by atoms with Gasteiger partial charge in [0.2, 0.25) is 5.91 Å². The second kappa shape index (κ2) is 5.01. The first-order chi connectivity index (χ1) is 9.56. The first kappa shape index (κ1) is 13.3. The predicted octanol–water partition coefficient (Wildman–Crippen LogP) is 1.59. The van der Waals surface area contributed by atoms with Gasteiger partial charge in [0.25, 0.3) is 0 Å². The van der Waals surface area contributed by atoms with Crippen molar-refractivity contribution >= 4 is 23.2 Å². The fraction of sp³-hybridized carbons (Fsp3) is 0.500. The highest BCUT2D eigenvalue weighted by atomic mass is 32.1. The number of nitrogens with zero attached hydrogens (tertiary/aromatic N) is 1. The van der Waals surface area contributed by atoms with Crippen LogP contribution in [0.25, 0.3) is 0 Å². The molecule has 1 aromatic rings. The molecule has 1 amide bonds. The number of thiazole rings is 1. The number of fused-ring (bicyclic) bond motifs is 2. The highest BCUT2D eigenvalue weighted by molar-refractivity contribution is 7.09. The fourth-order valence-corrected chi connectivity index (χ4v) is 3.91. The summed E-state index contributed by atoms with van der Waals surface area (Å²) in [6.45, 7) is 2.28. The Hall–Kier alpha value is -1.69. The molecule has 2 aliphatic carbocycles. The molecule has 3 rings (SSSR count). The highest BCUT2D eigenvalue weighted by Gasteiger charge is 2.51. The zero-order valence-corrected chi connectivity index (χ0v) is 11.9. The van der Waals surface area contributed by atoms with E-state index in [-0.39, 0.29) is 17.7 Å². The molecule has 1 heterocycles. The predicted molar refractivity (Wildman–Crippen MR) is 74.1 cm³/mol. The van der Waals surface area contributed by atoms with Crippen LogP contribution >= 0.6 is 11.3 Å². The Bertz CT molecular complexity index is 581. The molecule has 106 valence electrons. The molecule has 0 radical (unpaired) electrons. The molecular weight excluding hydrogens is 276 g/mol. The molecule has 2 bridgehead atoms. The van der Waals surface area contributed by atoms with Crippen molar-refractivity contribution in [2.45, 2.75) is 19.9 Å². The highest BCUT2D eigenvalue weighted by Crippen LogP contribution is 2.48. The Balaban J connectivity index is 1.67. The molecule has 0 saturated heterocycles. The van der Waals surface area contributed by atoms with E-state index in [4.69, 9.17) is 0 Å². The van der Waals surface area contributed by atoms with Gasteiger partial charge in [-0.3, -0.25) is 9.59 Å². The average Bonchev–Trinajstić information content (AvgIpc) is 3.10. The second-order valence-corrected chi connectivity index (χ2v) is 6.48. The Morgan fingerprint density at radius 2 is 2.10 bits per heavy atom. The number of carbonyl (C=O) groups is 2. The third kappa shape index (κ3) is 2.24. The van der Waals surface area contributed by atoms with Gasteiger partial charge in [-0.2, -0.15) is 0 Å². The molecule has 4 atom stereocenters. The maximum atomic E-state index is 12.3. The molecule has 0 spiro atoms. The maximum absolute atomic E-state index is 12.3. The van der Waals surface area contributed by atoms with Crippen molar-refractivity contribution in [2.75, 3.05) is 0 Å². The number of rotatable bonds is 4. The quantitative estimate of drug-likeness (QED) is 0.826. The van der Waals surface area contributed by atoms with Crippen LogP contribution in [0.4, 0.5) is 0 Å². The van der Waals surface area contributed by atoms with Gasteiger partial charge < -0.3 is 10.4 Å². The van der Waals surface area contributed by atoms with E-state index in [9.17, 15) is 14.7 Å². The number of carboxylic acid groups (broad SMARTS) is 1. The lowest BCUT2D eigenvalue weighted by atomic mass is 9.82. The lowest BCUT2D eigenvalue weighted by Crippen LogP contribution is -2.39. The summed E-state index contributed by atoms with van der Waals surface area (Å²) < 4.78 is 0. The van der Waals surface area contributed by atoms with Gasteiger partial charge >= 0.3 is 5.97 Å². The van der Waals surface area contributed by atoms with Gasteiger partial charge in [-0.05, 0) is 25.2 Å². The topological polar surface area (TPSA) is 79.3 Å². The average molecular weight is 292 g/mol. The van der Waals surface area contributed by atoms with E-state index in [1.807, 2.05) is 24.5 Å². The zero-order chi connectivity index (χ0) is 14.3. The van der Waals surface area contributed by atoms with Gasteiger partial charge in [-0.15, -0.1) is 11.3 Å². The minimum atomic E-state index is -0.869. The van der Waals surface area contributed by atoms with Gasteiger partial charge in [0, 0.05) is 5.38 Å². The van der Waals surface area contributed by atoms with Gasteiger partial charge in [0.05, 0.1) is 29.1 Å².